The molecule has 3 amide bonds. The molecule has 0 aromatic carbocycles. The van der Waals surface area contributed by atoms with Gasteiger partial charge in [-0.25, -0.2) is 0 Å². The summed E-state index contributed by atoms with van der Waals surface area (Å²) in [7, 11) is 0. The second-order valence-electron chi connectivity index (χ2n) is 5.41. The smallest absolute Gasteiger partial charge is 0.248 e. The molecule has 18 heavy (non-hydrogen) atoms. The molecule has 1 fully saturated rings. The first-order valence-corrected chi connectivity index (χ1v) is 6.46. The van der Waals surface area contributed by atoms with Crippen LogP contribution in [0.5, 0.6) is 0 Å². The van der Waals surface area contributed by atoms with E-state index in [1.165, 1.54) is 4.90 Å². The fourth-order valence-electron chi connectivity index (χ4n) is 2.07. The first kappa shape index (κ1) is 14.7. The van der Waals surface area contributed by atoms with E-state index in [0.717, 1.165) is 0 Å². The fraction of sp³-hybridized carbons (Fsp3) is 0.750. The molecule has 1 atom stereocenters. The number of nitrogens with zero attached hydrogens (tertiary/aromatic N) is 1. The summed E-state index contributed by atoms with van der Waals surface area (Å²) in [6, 6.07) is 0. The Hall–Kier alpha value is -1.33. The molecule has 1 unspecified atom stereocenters. The molecule has 0 radical (unpaired) electrons. The van der Waals surface area contributed by atoms with Crippen LogP contribution in [0.3, 0.4) is 0 Å². The number of nitrogens with one attached hydrogen (secondary N) is 1. The Morgan fingerprint density at radius 1 is 1.44 bits per heavy atom. The molecular formula is C12H21BN2O3. The standard InChI is InChI=1S/C12H21BN2O3/c1-8(2)9-7-11(17)15(12(9)18)6-5-10(16)14-13(3)4/h8-9H,5-7H2,1-4H3,(H,14,16). The van der Waals surface area contributed by atoms with Gasteiger partial charge in [0.2, 0.25) is 24.6 Å². The largest absolute Gasteiger partial charge is 0.399 e. The lowest BCUT2D eigenvalue weighted by molar-refractivity contribution is -0.139. The highest BCUT2D eigenvalue weighted by Gasteiger charge is 2.39. The molecule has 1 saturated heterocycles. The lowest BCUT2D eigenvalue weighted by atomic mass is 9.69. The average Bonchev–Trinajstić information content (AvgIpc) is 2.51. The Labute approximate surface area is 108 Å². The van der Waals surface area contributed by atoms with Gasteiger partial charge in [0.15, 0.2) is 0 Å². The highest BCUT2D eigenvalue weighted by atomic mass is 16.2. The van der Waals surface area contributed by atoms with Crippen LogP contribution in [0.4, 0.5) is 0 Å². The normalized spacial score (nSPS) is 19.6. The summed E-state index contributed by atoms with van der Waals surface area (Å²) < 4.78 is 0. The second-order valence-corrected chi connectivity index (χ2v) is 5.41. The van der Waals surface area contributed by atoms with Gasteiger partial charge in [-0.15, -0.1) is 0 Å². The zero-order valence-electron chi connectivity index (χ0n) is 11.5. The van der Waals surface area contributed by atoms with Gasteiger partial charge < -0.3 is 5.23 Å². The van der Waals surface area contributed by atoms with Crippen molar-refractivity contribution in [2.75, 3.05) is 6.54 Å². The molecule has 0 aromatic rings. The van der Waals surface area contributed by atoms with Gasteiger partial charge >= 0.3 is 0 Å². The van der Waals surface area contributed by atoms with Gasteiger partial charge in [-0.1, -0.05) is 27.5 Å². The minimum atomic E-state index is -0.217. The van der Waals surface area contributed by atoms with Gasteiger partial charge in [0, 0.05) is 25.3 Å². The molecule has 6 heteroatoms. The molecule has 1 aliphatic rings. The topological polar surface area (TPSA) is 66.5 Å². The van der Waals surface area contributed by atoms with Crippen molar-refractivity contribution in [2.24, 2.45) is 11.8 Å². The zero-order chi connectivity index (χ0) is 13.9. The fourth-order valence-corrected chi connectivity index (χ4v) is 2.07. The van der Waals surface area contributed by atoms with Crippen molar-refractivity contribution in [1.82, 2.24) is 10.1 Å². The molecule has 0 aromatic heterocycles. The van der Waals surface area contributed by atoms with Crippen molar-refractivity contribution in [2.45, 2.75) is 40.3 Å². The Morgan fingerprint density at radius 2 is 2.06 bits per heavy atom. The number of rotatable bonds is 5. The monoisotopic (exact) mass is 252 g/mol. The van der Waals surface area contributed by atoms with Crippen molar-refractivity contribution in [3.63, 3.8) is 0 Å². The second kappa shape index (κ2) is 6.02. The number of imide groups is 1. The third kappa shape index (κ3) is 3.58. The molecule has 5 nitrogen and oxygen atoms in total. The summed E-state index contributed by atoms with van der Waals surface area (Å²) in [4.78, 5) is 36.4. The lowest BCUT2D eigenvalue weighted by Crippen LogP contribution is -2.38. The third-order valence-electron chi connectivity index (χ3n) is 3.10. The van der Waals surface area contributed by atoms with Crippen LogP contribution in [-0.4, -0.2) is 36.0 Å². The minimum Gasteiger partial charge on any atom is -0.399 e. The Kier molecular flexibility index (Phi) is 4.93. The van der Waals surface area contributed by atoms with E-state index in [9.17, 15) is 14.4 Å². The molecular weight excluding hydrogens is 231 g/mol. The van der Waals surface area contributed by atoms with Crippen LogP contribution >= 0.6 is 0 Å². The van der Waals surface area contributed by atoms with Crippen molar-refractivity contribution in [1.29, 1.82) is 0 Å². The molecule has 0 saturated carbocycles. The first-order chi connectivity index (χ1) is 8.32. The molecule has 1 N–H and O–H groups in total. The summed E-state index contributed by atoms with van der Waals surface area (Å²) in [5.41, 5.74) is 0. The molecule has 1 heterocycles. The van der Waals surface area contributed by atoms with Gasteiger partial charge in [0.1, 0.15) is 0 Å². The van der Waals surface area contributed by atoms with Crippen LogP contribution in [-0.2, 0) is 14.4 Å². The maximum Gasteiger partial charge on any atom is 0.248 e. The first-order valence-electron chi connectivity index (χ1n) is 6.46. The quantitative estimate of drug-likeness (QED) is 0.580. The molecule has 100 valence electrons. The van der Waals surface area contributed by atoms with E-state index >= 15 is 0 Å². The van der Waals surface area contributed by atoms with Crippen LogP contribution in [0.1, 0.15) is 26.7 Å². The Morgan fingerprint density at radius 3 is 2.50 bits per heavy atom. The average molecular weight is 252 g/mol. The van der Waals surface area contributed by atoms with Gasteiger partial charge in [-0.3, -0.25) is 19.3 Å². The SMILES string of the molecule is CB(C)NC(=O)CCN1C(=O)CC(C(C)C)C1=O. The molecule has 0 bridgehead atoms. The van der Waals surface area contributed by atoms with E-state index in [2.05, 4.69) is 5.23 Å². The summed E-state index contributed by atoms with van der Waals surface area (Å²) in [6.07, 6.45) is 0.461. The van der Waals surface area contributed by atoms with E-state index in [1.807, 2.05) is 27.5 Å². The van der Waals surface area contributed by atoms with Gasteiger partial charge in [0.05, 0.1) is 0 Å². The summed E-state index contributed by atoms with van der Waals surface area (Å²) in [5, 5.41) is 2.74. The van der Waals surface area contributed by atoms with Crippen LogP contribution in [0, 0.1) is 11.8 Å². The predicted octanol–water partition coefficient (Wildman–Crippen LogP) is 0.775. The van der Waals surface area contributed by atoms with E-state index in [-0.39, 0.29) is 55.8 Å². The van der Waals surface area contributed by atoms with Crippen molar-refractivity contribution >= 4 is 24.6 Å². The number of likely N-dealkylation sites (tertiary alicyclic amines) is 1. The maximum atomic E-state index is 12.0. The highest BCUT2D eigenvalue weighted by molar-refractivity contribution is 6.56. The van der Waals surface area contributed by atoms with Crippen molar-refractivity contribution in [3.8, 4) is 0 Å². The number of hydrogen-bond acceptors (Lipinski definition) is 3. The molecule has 0 aliphatic carbocycles. The summed E-state index contributed by atoms with van der Waals surface area (Å²) in [5.74, 6) is -0.469. The third-order valence-corrected chi connectivity index (χ3v) is 3.10. The lowest BCUT2D eigenvalue weighted by Gasteiger charge is -2.16. The highest BCUT2D eigenvalue weighted by Crippen LogP contribution is 2.26. The number of carbonyl (C=O) groups is 3. The number of carbonyl (C=O) groups excluding carboxylic acids is 3. The van der Waals surface area contributed by atoms with E-state index in [4.69, 9.17) is 0 Å². The minimum absolute atomic E-state index is 0.0749. The maximum absolute atomic E-state index is 12.0. The van der Waals surface area contributed by atoms with Crippen molar-refractivity contribution in [3.05, 3.63) is 0 Å². The van der Waals surface area contributed by atoms with Crippen molar-refractivity contribution < 1.29 is 14.4 Å². The van der Waals surface area contributed by atoms with Crippen LogP contribution in [0.2, 0.25) is 13.6 Å². The molecule has 0 spiro atoms. The van der Waals surface area contributed by atoms with E-state index in [1.54, 1.807) is 0 Å². The Balaban J connectivity index is 2.50. The summed E-state index contributed by atoms with van der Waals surface area (Å²) >= 11 is 0. The van der Waals surface area contributed by atoms with Crippen LogP contribution < -0.4 is 5.23 Å². The molecule has 1 aliphatic heterocycles. The predicted molar refractivity (Wildman–Crippen MR) is 69.9 cm³/mol. The Bertz CT molecular complexity index is 355. The number of amides is 3. The van der Waals surface area contributed by atoms with E-state index < -0.39 is 0 Å². The number of hydrogen-bond donors (Lipinski definition) is 1. The van der Waals surface area contributed by atoms with Crippen LogP contribution in [0.25, 0.3) is 0 Å². The van der Waals surface area contributed by atoms with Crippen LogP contribution in [0.15, 0.2) is 0 Å². The van der Waals surface area contributed by atoms with Gasteiger partial charge in [0.25, 0.3) is 0 Å². The van der Waals surface area contributed by atoms with E-state index in [0.29, 0.717) is 0 Å². The molecule has 1 rings (SSSR count). The van der Waals surface area contributed by atoms with Gasteiger partial charge in [-0.2, -0.15) is 0 Å². The zero-order valence-corrected chi connectivity index (χ0v) is 11.5. The van der Waals surface area contributed by atoms with Gasteiger partial charge in [-0.05, 0) is 5.92 Å². The summed E-state index contributed by atoms with van der Waals surface area (Å²) in [6.45, 7) is 7.89.